The third-order valence-electron chi connectivity index (χ3n) is 4.81. The van der Waals surface area contributed by atoms with E-state index in [1.807, 2.05) is 0 Å². The van der Waals surface area contributed by atoms with Gasteiger partial charge >= 0.3 is 0 Å². The number of likely N-dealkylation sites (tertiary alicyclic amines) is 1. The second-order valence-corrected chi connectivity index (χ2v) is 6.11. The van der Waals surface area contributed by atoms with Crippen LogP contribution in [0, 0.1) is 5.41 Å². The maximum Gasteiger partial charge on any atom is 0.0621 e. The molecule has 0 radical (unpaired) electrons. The standard InChI is InChI=1S/C16H24N2O/c19-15-6-11-18(12-14-4-2-1-3-5-14)13-16(15)7-9-17-10-8-16/h1-5,15,17,19H,6-13H2. The lowest BCUT2D eigenvalue weighted by Gasteiger charge is -2.48. The molecule has 1 atom stereocenters. The summed E-state index contributed by atoms with van der Waals surface area (Å²) in [6.07, 6.45) is 3.03. The smallest absolute Gasteiger partial charge is 0.0621 e. The lowest BCUT2D eigenvalue weighted by atomic mass is 9.70. The summed E-state index contributed by atoms with van der Waals surface area (Å²) in [6.45, 7) is 5.19. The van der Waals surface area contributed by atoms with Gasteiger partial charge in [0, 0.05) is 25.0 Å². The molecule has 3 nitrogen and oxygen atoms in total. The third-order valence-corrected chi connectivity index (χ3v) is 4.81. The number of hydrogen-bond acceptors (Lipinski definition) is 3. The largest absolute Gasteiger partial charge is 0.392 e. The Balaban J connectivity index is 1.68. The van der Waals surface area contributed by atoms with Crippen LogP contribution in [0.1, 0.15) is 24.8 Å². The van der Waals surface area contributed by atoms with E-state index in [-0.39, 0.29) is 11.5 Å². The highest BCUT2D eigenvalue weighted by molar-refractivity contribution is 5.14. The molecule has 2 saturated heterocycles. The van der Waals surface area contributed by atoms with Crippen LogP contribution in [-0.2, 0) is 6.54 Å². The van der Waals surface area contributed by atoms with E-state index in [0.29, 0.717) is 0 Å². The molecule has 1 aromatic rings. The normalized spacial score (nSPS) is 27.5. The number of hydrogen-bond donors (Lipinski definition) is 2. The lowest BCUT2D eigenvalue weighted by molar-refractivity contribution is -0.0652. The molecule has 0 bridgehead atoms. The quantitative estimate of drug-likeness (QED) is 0.848. The molecule has 1 spiro atoms. The van der Waals surface area contributed by atoms with Crippen molar-refractivity contribution in [1.82, 2.24) is 10.2 Å². The van der Waals surface area contributed by atoms with Crippen molar-refractivity contribution in [3.05, 3.63) is 35.9 Å². The van der Waals surface area contributed by atoms with Crippen LogP contribution in [-0.4, -0.2) is 42.3 Å². The first-order chi connectivity index (χ1) is 9.28. The molecular weight excluding hydrogens is 236 g/mol. The number of rotatable bonds is 2. The van der Waals surface area contributed by atoms with Gasteiger partial charge in [-0.3, -0.25) is 4.90 Å². The average Bonchev–Trinajstić information content (AvgIpc) is 2.45. The highest BCUT2D eigenvalue weighted by Crippen LogP contribution is 2.38. The molecule has 3 rings (SSSR count). The SMILES string of the molecule is OC1CCN(Cc2ccccc2)CC12CCNCC2. The topological polar surface area (TPSA) is 35.5 Å². The van der Waals surface area contributed by atoms with E-state index in [1.165, 1.54) is 5.56 Å². The van der Waals surface area contributed by atoms with Gasteiger partial charge < -0.3 is 10.4 Å². The fourth-order valence-corrected chi connectivity index (χ4v) is 3.63. The maximum atomic E-state index is 10.4. The second-order valence-electron chi connectivity index (χ2n) is 6.11. The predicted molar refractivity (Wildman–Crippen MR) is 76.9 cm³/mol. The van der Waals surface area contributed by atoms with Crippen LogP contribution in [0.3, 0.4) is 0 Å². The van der Waals surface area contributed by atoms with E-state index in [1.54, 1.807) is 0 Å². The number of nitrogens with zero attached hydrogens (tertiary/aromatic N) is 1. The average molecular weight is 260 g/mol. The van der Waals surface area contributed by atoms with Gasteiger partial charge in [0.2, 0.25) is 0 Å². The van der Waals surface area contributed by atoms with E-state index < -0.39 is 0 Å². The predicted octanol–water partition coefficient (Wildman–Crippen LogP) is 1.62. The Kier molecular flexibility index (Phi) is 3.87. The summed E-state index contributed by atoms with van der Waals surface area (Å²) >= 11 is 0. The van der Waals surface area contributed by atoms with E-state index >= 15 is 0 Å². The van der Waals surface area contributed by atoms with Crippen molar-refractivity contribution in [2.45, 2.75) is 31.9 Å². The molecule has 2 heterocycles. The van der Waals surface area contributed by atoms with Gasteiger partial charge in [-0.25, -0.2) is 0 Å². The van der Waals surface area contributed by atoms with Crippen LogP contribution in [0.15, 0.2) is 30.3 Å². The number of aliphatic hydroxyl groups is 1. The van der Waals surface area contributed by atoms with Crippen LogP contribution >= 0.6 is 0 Å². The molecule has 1 unspecified atom stereocenters. The fraction of sp³-hybridized carbons (Fsp3) is 0.625. The highest BCUT2D eigenvalue weighted by atomic mass is 16.3. The third kappa shape index (κ3) is 2.83. The minimum Gasteiger partial charge on any atom is -0.392 e. The zero-order chi connectivity index (χ0) is 13.1. The molecule has 19 heavy (non-hydrogen) atoms. The summed E-state index contributed by atoms with van der Waals surface area (Å²) in [7, 11) is 0. The Labute approximate surface area is 115 Å². The summed E-state index contributed by atoms with van der Waals surface area (Å²) in [6, 6.07) is 10.7. The van der Waals surface area contributed by atoms with Gasteiger partial charge in [0.1, 0.15) is 0 Å². The van der Waals surface area contributed by atoms with E-state index in [4.69, 9.17) is 0 Å². The number of nitrogens with one attached hydrogen (secondary N) is 1. The summed E-state index contributed by atoms with van der Waals surface area (Å²) in [5.74, 6) is 0. The van der Waals surface area contributed by atoms with Crippen LogP contribution < -0.4 is 5.32 Å². The number of benzene rings is 1. The molecule has 2 N–H and O–H groups in total. The van der Waals surface area contributed by atoms with Gasteiger partial charge in [0.25, 0.3) is 0 Å². The first kappa shape index (κ1) is 13.1. The number of aliphatic hydroxyl groups excluding tert-OH is 1. The molecule has 0 aliphatic carbocycles. The van der Waals surface area contributed by atoms with E-state index in [0.717, 1.165) is 52.0 Å². The Hall–Kier alpha value is -0.900. The van der Waals surface area contributed by atoms with Crippen molar-refractivity contribution in [2.24, 2.45) is 5.41 Å². The van der Waals surface area contributed by atoms with Gasteiger partial charge in [0.15, 0.2) is 0 Å². The second kappa shape index (κ2) is 5.61. The van der Waals surface area contributed by atoms with Gasteiger partial charge in [-0.1, -0.05) is 30.3 Å². The summed E-state index contributed by atoms with van der Waals surface area (Å²) in [5.41, 5.74) is 1.51. The monoisotopic (exact) mass is 260 g/mol. The first-order valence-electron chi connectivity index (χ1n) is 7.44. The molecule has 0 aromatic heterocycles. The molecule has 2 fully saturated rings. The molecule has 3 heteroatoms. The van der Waals surface area contributed by atoms with Crippen LogP contribution in [0.2, 0.25) is 0 Å². The first-order valence-corrected chi connectivity index (χ1v) is 7.44. The van der Waals surface area contributed by atoms with E-state index in [9.17, 15) is 5.11 Å². The Morgan fingerprint density at radius 3 is 2.68 bits per heavy atom. The fourth-order valence-electron chi connectivity index (χ4n) is 3.63. The maximum absolute atomic E-state index is 10.4. The Bertz CT molecular complexity index is 400. The lowest BCUT2D eigenvalue weighted by Crippen LogP contribution is -2.55. The summed E-state index contributed by atoms with van der Waals surface area (Å²) < 4.78 is 0. The Morgan fingerprint density at radius 2 is 1.95 bits per heavy atom. The highest BCUT2D eigenvalue weighted by Gasteiger charge is 2.43. The van der Waals surface area contributed by atoms with Crippen molar-refractivity contribution in [1.29, 1.82) is 0 Å². The molecule has 0 amide bonds. The molecular formula is C16H24N2O. The van der Waals surface area contributed by atoms with Gasteiger partial charge in [-0.15, -0.1) is 0 Å². The minimum atomic E-state index is -0.110. The van der Waals surface area contributed by atoms with Gasteiger partial charge in [0.05, 0.1) is 6.10 Å². The molecule has 104 valence electrons. The summed E-state index contributed by atoms with van der Waals surface area (Å²) in [4.78, 5) is 2.52. The molecule has 1 aromatic carbocycles. The van der Waals surface area contributed by atoms with Crippen LogP contribution in [0.5, 0.6) is 0 Å². The van der Waals surface area contributed by atoms with Crippen LogP contribution in [0.4, 0.5) is 0 Å². The Morgan fingerprint density at radius 1 is 1.21 bits per heavy atom. The summed E-state index contributed by atoms with van der Waals surface area (Å²) in [5, 5.41) is 13.8. The molecule has 2 aliphatic rings. The van der Waals surface area contributed by atoms with Crippen molar-refractivity contribution in [3.8, 4) is 0 Å². The van der Waals surface area contributed by atoms with Crippen molar-refractivity contribution in [3.63, 3.8) is 0 Å². The zero-order valence-electron chi connectivity index (χ0n) is 11.5. The molecule has 0 saturated carbocycles. The zero-order valence-corrected chi connectivity index (χ0v) is 11.5. The van der Waals surface area contributed by atoms with Crippen molar-refractivity contribution in [2.75, 3.05) is 26.2 Å². The van der Waals surface area contributed by atoms with Crippen molar-refractivity contribution < 1.29 is 5.11 Å². The van der Waals surface area contributed by atoms with Gasteiger partial charge in [-0.2, -0.15) is 0 Å². The van der Waals surface area contributed by atoms with E-state index in [2.05, 4.69) is 40.5 Å². The van der Waals surface area contributed by atoms with Crippen LogP contribution in [0.25, 0.3) is 0 Å². The van der Waals surface area contributed by atoms with Crippen molar-refractivity contribution >= 4 is 0 Å². The number of piperidine rings is 2. The minimum absolute atomic E-state index is 0.110. The molecule has 2 aliphatic heterocycles. The van der Waals surface area contributed by atoms with Gasteiger partial charge in [-0.05, 0) is 37.9 Å².